The van der Waals surface area contributed by atoms with Crippen LogP contribution in [0.1, 0.15) is 38.0 Å². The minimum atomic E-state index is -0.0516. The Morgan fingerprint density at radius 1 is 1.22 bits per heavy atom. The van der Waals surface area contributed by atoms with Crippen molar-refractivity contribution in [3.63, 3.8) is 0 Å². The summed E-state index contributed by atoms with van der Waals surface area (Å²) in [5, 5.41) is 6.39. The number of aliphatic imine (C=N–C) groups is 1. The van der Waals surface area contributed by atoms with Gasteiger partial charge in [0, 0.05) is 24.6 Å². The van der Waals surface area contributed by atoms with Crippen LogP contribution in [0.3, 0.4) is 0 Å². The van der Waals surface area contributed by atoms with Crippen molar-refractivity contribution in [3.05, 3.63) is 47.7 Å². The highest BCUT2D eigenvalue weighted by atomic mass is 16.5. The van der Waals surface area contributed by atoms with E-state index < -0.39 is 0 Å². The Balaban J connectivity index is 1.69. The highest BCUT2D eigenvalue weighted by Gasteiger charge is 2.19. The van der Waals surface area contributed by atoms with Gasteiger partial charge in [0.05, 0.1) is 33.1 Å². The molecule has 27 heavy (non-hydrogen) atoms. The van der Waals surface area contributed by atoms with Crippen molar-refractivity contribution in [2.45, 2.75) is 39.3 Å². The van der Waals surface area contributed by atoms with E-state index in [0.29, 0.717) is 38.2 Å². The highest BCUT2D eigenvalue weighted by molar-refractivity contribution is 5.79. The number of oxazole rings is 1. The molecular formula is C20H30N4O3. The summed E-state index contributed by atoms with van der Waals surface area (Å²) in [4.78, 5) is 8.49. The van der Waals surface area contributed by atoms with Crippen molar-refractivity contribution >= 4 is 5.96 Å². The third-order valence-electron chi connectivity index (χ3n) is 3.91. The van der Waals surface area contributed by atoms with Crippen LogP contribution in [-0.2, 0) is 23.3 Å². The van der Waals surface area contributed by atoms with E-state index in [0.717, 1.165) is 17.1 Å². The predicted octanol–water partition coefficient (Wildman–Crippen LogP) is 2.86. The molecule has 0 bridgehead atoms. The van der Waals surface area contributed by atoms with E-state index in [2.05, 4.69) is 41.4 Å². The van der Waals surface area contributed by atoms with Gasteiger partial charge >= 0.3 is 0 Å². The van der Waals surface area contributed by atoms with Crippen LogP contribution in [0.15, 0.2) is 39.9 Å². The number of hydrogen-bond acceptors (Lipinski definition) is 5. The lowest BCUT2D eigenvalue weighted by molar-refractivity contribution is 0.123. The molecule has 0 unspecified atom stereocenters. The lowest BCUT2D eigenvalue weighted by Crippen LogP contribution is -2.38. The van der Waals surface area contributed by atoms with Crippen LogP contribution in [0.25, 0.3) is 0 Å². The van der Waals surface area contributed by atoms with Crippen LogP contribution in [0.5, 0.6) is 5.75 Å². The molecule has 0 spiro atoms. The van der Waals surface area contributed by atoms with Gasteiger partial charge in [-0.2, -0.15) is 0 Å². The number of benzene rings is 1. The second kappa shape index (κ2) is 9.97. The SMILES string of the molecule is CN=C(NCCOCc1ccccc1OC)NCc1ncc(C(C)(C)C)o1. The lowest BCUT2D eigenvalue weighted by atomic mass is 9.94. The fourth-order valence-corrected chi connectivity index (χ4v) is 2.36. The van der Waals surface area contributed by atoms with Gasteiger partial charge < -0.3 is 24.5 Å². The molecular weight excluding hydrogens is 344 g/mol. The number of ether oxygens (including phenoxy) is 2. The Labute approximate surface area is 161 Å². The first-order valence-electron chi connectivity index (χ1n) is 9.03. The Hall–Kier alpha value is -2.54. The van der Waals surface area contributed by atoms with Gasteiger partial charge in [-0.1, -0.05) is 39.0 Å². The fraction of sp³-hybridized carbons (Fsp3) is 0.500. The number of guanidine groups is 1. The monoisotopic (exact) mass is 374 g/mol. The maximum Gasteiger partial charge on any atom is 0.213 e. The van der Waals surface area contributed by atoms with Crippen LogP contribution in [0.4, 0.5) is 0 Å². The van der Waals surface area contributed by atoms with Crippen molar-refractivity contribution in [2.75, 3.05) is 27.3 Å². The van der Waals surface area contributed by atoms with E-state index >= 15 is 0 Å². The molecule has 0 saturated heterocycles. The van der Waals surface area contributed by atoms with Crippen LogP contribution >= 0.6 is 0 Å². The van der Waals surface area contributed by atoms with Gasteiger partial charge in [-0.15, -0.1) is 0 Å². The molecule has 0 saturated carbocycles. The average molecular weight is 374 g/mol. The molecule has 0 amide bonds. The molecule has 0 aliphatic heterocycles. The third-order valence-corrected chi connectivity index (χ3v) is 3.91. The predicted molar refractivity (Wildman–Crippen MR) is 106 cm³/mol. The van der Waals surface area contributed by atoms with E-state index in [1.807, 2.05) is 24.3 Å². The largest absolute Gasteiger partial charge is 0.496 e. The lowest BCUT2D eigenvalue weighted by Gasteiger charge is -2.13. The maximum absolute atomic E-state index is 5.76. The highest BCUT2D eigenvalue weighted by Crippen LogP contribution is 2.22. The summed E-state index contributed by atoms with van der Waals surface area (Å²) in [7, 11) is 3.38. The molecule has 7 heteroatoms. The first kappa shape index (κ1) is 20.8. The Morgan fingerprint density at radius 3 is 2.67 bits per heavy atom. The molecule has 0 aliphatic carbocycles. The summed E-state index contributed by atoms with van der Waals surface area (Å²) in [6.45, 7) is 8.43. The smallest absolute Gasteiger partial charge is 0.213 e. The van der Waals surface area contributed by atoms with E-state index in [-0.39, 0.29) is 5.41 Å². The van der Waals surface area contributed by atoms with Crippen molar-refractivity contribution in [1.29, 1.82) is 0 Å². The topological polar surface area (TPSA) is 80.9 Å². The first-order chi connectivity index (χ1) is 12.9. The zero-order valence-electron chi connectivity index (χ0n) is 16.8. The summed E-state index contributed by atoms with van der Waals surface area (Å²) in [6.07, 6.45) is 1.78. The zero-order valence-corrected chi connectivity index (χ0v) is 16.8. The number of aromatic nitrogens is 1. The number of para-hydroxylation sites is 1. The molecule has 2 N–H and O–H groups in total. The zero-order chi connectivity index (χ0) is 19.7. The number of nitrogens with zero attached hydrogens (tertiary/aromatic N) is 2. The maximum atomic E-state index is 5.76. The van der Waals surface area contributed by atoms with E-state index in [1.165, 1.54) is 0 Å². The molecule has 1 aromatic heterocycles. The van der Waals surface area contributed by atoms with Gasteiger partial charge in [-0.05, 0) is 6.07 Å². The van der Waals surface area contributed by atoms with Crippen molar-refractivity contribution in [1.82, 2.24) is 15.6 Å². The minimum absolute atomic E-state index is 0.0516. The third kappa shape index (κ3) is 6.60. The van der Waals surface area contributed by atoms with Crippen molar-refractivity contribution in [2.24, 2.45) is 4.99 Å². The van der Waals surface area contributed by atoms with Gasteiger partial charge in [0.2, 0.25) is 5.89 Å². The van der Waals surface area contributed by atoms with Crippen LogP contribution < -0.4 is 15.4 Å². The number of rotatable bonds is 8. The van der Waals surface area contributed by atoms with Gasteiger partial charge in [0.25, 0.3) is 0 Å². The van der Waals surface area contributed by atoms with Crippen molar-refractivity contribution < 1.29 is 13.9 Å². The van der Waals surface area contributed by atoms with E-state index in [9.17, 15) is 0 Å². The summed E-state index contributed by atoms with van der Waals surface area (Å²) < 4.78 is 16.8. The van der Waals surface area contributed by atoms with Crippen LogP contribution in [0.2, 0.25) is 0 Å². The normalized spacial score (nSPS) is 12.1. The number of hydrogen-bond donors (Lipinski definition) is 2. The van der Waals surface area contributed by atoms with Gasteiger partial charge in [0.15, 0.2) is 5.96 Å². The fourth-order valence-electron chi connectivity index (χ4n) is 2.36. The van der Waals surface area contributed by atoms with E-state index in [1.54, 1.807) is 20.4 Å². The van der Waals surface area contributed by atoms with Crippen LogP contribution in [-0.4, -0.2) is 38.3 Å². The van der Waals surface area contributed by atoms with Gasteiger partial charge in [0.1, 0.15) is 11.5 Å². The minimum Gasteiger partial charge on any atom is -0.496 e. The molecule has 2 aromatic rings. The molecule has 7 nitrogen and oxygen atoms in total. The Morgan fingerprint density at radius 2 is 2.00 bits per heavy atom. The molecule has 1 aromatic carbocycles. The van der Waals surface area contributed by atoms with Crippen molar-refractivity contribution in [3.8, 4) is 5.75 Å². The molecule has 0 aliphatic rings. The second-order valence-electron chi connectivity index (χ2n) is 7.09. The number of nitrogens with one attached hydrogen (secondary N) is 2. The van der Waals surface area contributed by atoms with E-state index in [4.69, 9.17) is 13.9 Å². The molecule has 1 heterocycles. The Kier molecular flexibility index (Phi) is 7.67. The first-order valence-corrected chi connectivity index (χ1v) is 9.03. The van der Waals surface area contributed by atoms with Gasteiger partial charge in [-0.25, -0.2) is 4.98 Å². The standard InChI is InChI=1S/C20H30N4O3/c1-20(2,3)17-12-23-18(27-17)13-24-19(21-4)22-10-11-26-14-15-8-6-7-9-16(15)25-5/h6-9,12H,10-11,13-14H2,1-5H3,(H2,21,22,24). The molecule has 0 radical (unpaired) electrons. The summed E-state index contributed by atoms with van der Waals surface area (Å²) in [5.74, 6) is 3.01. The van der Waals surface area contributed by atoms with Gasteiger partial charge in [-0.3, -0.25) is 4.99 Å². The van der Waals surface area contributed by atoms with Crippen LogP contribution in [0, 0.1) is 0 Å². The molecule has 0 fully saturated rings. The summed E-state index contributed by atoms with van der Waals surface area (Å²) in [6, 6.07) is 7.84. The summed E-state index contributed by atoms with van der Waals surface area (Å²) >= 11 is 0. The second-order valence-corrected chi connectivity index (χ2v) is 7.09. The molecule has 0 atom stereocenters. The molecule has 2 rings (SSSR count). The average Bonchev–Trinajstić information content (AvgIpc) is 3.13. The quantitative estimate of drug-likeness (QED) is 0.420. The number of methoxy groups -OCH3 is 1. The summed E-state index contributed by atoms with van der Waals surface area (Å²) in [5.41, 5.74) is 0.977. The molecule has 148 valence electrons. The Bertz CT molecular complexity index is 735.